The third-order valence-corrected chi connectivity index (χ3v) is 9.45. The van der Waals surface area contributed by atoms with Gasteiger partial charge in [0.15, 0.2) is 11.2 Å². The molecule has 6 unspecified atom stereocenters. The molecule has 0 aromatic carbocycles. The molecule has 38 heavy (non-hydrogen) atoms. The van der Waals surface area contributed by atoms with E-state index in [4.69, 9.17) is 9.47 Å². The fourth-order valence-electron chi connectivity index (χ4n) is 5.35. The molecule has 8 nitrogen and oxygen atoms in total. The second-order valence-corrected chi connectivity index (χ2v) is 13.4. The van der Waals surface area contributed by atoms with E-state index < -0.39 is 52.0 Å². The minimum absolute atomic E-state index is 0.0435. The summed E-state index contributed by atoms with van der Waals surface area (Å²) in [4.78, 5) is 26.5. The van der Waals surface area contributed by atoms with E-state index in [1.165, 1.54) is 12.5 Å². The van der Waals surface area contributed by atoms with Crippen LogP contribution in [0.3, 0.4) is 0 Å². The van der Waals surface area contributed by atoms with Crippen LogP contribution in [0.2, 0.25) is 0 Å². The summed E-state index contributed by atoms with van der Waals surface area (Å²) in [6.45, 7) is 16.0. The van der Waals surface area contributed by atoms with Gasteiger partial charge in [-0.15, -0.1) is 0 Å². The number of carbonyl (C=O) groups excluding carboxylic acids is 2. The normalized spacial score (nSPS) is 33.5. The minimum atomic E-state index is -2.02. The van der Waals surface area contributed by atoms with Gasteiger partial charge in [0, 0.05) is 12.8 Å². The molecule has 0 saturated heterocycles. The summed E-state index contributed by atoms with van der Waals surface area (Å²) in [6.07, 6.45) is 3.30. The zero-order valence-corrected chi connectivity index (χ0v) is 25.0. The van der Waals surface area contributed by atoms with Gasteiger partial charge in [-0.05, 0) is 77.0 Å². The summed E-state index contributed by atoms with van der Waals surface area (Å²) >= 11 is 0. The topological polar surface area (TPSA) is 134 Å². The molecule has 8 heteroatoms. The predicted molar refractivity (Wildman–Crippen MR) is 145 cm³/mol. The van der Waals surface area contributed by atoms with Crippen molar-refractivity contribution in [3.8, 4) is 0 Å². The van der Waals surface area contributed by atoms with Gasteiger partial charge < -0.3 is 29.9 Å². The summed E-state index contributed by atoms with van der Waals surface area (Å²) in [7, 11) is 0. The summed E-state index contributed by atoms with van der Waals surface area (Å²) in [5.41, 5.74) is -5.89. The van der Waals surface area contributed by atoms with Crippen molar-refractivity contribution in [3.63, 3.8) is 0 Å². The summed E-state index contributed by atoms with van der Waals surface area (Å²) in [6, 6.07) is 0. The van der Waals surface area contributed by atoms with Crippen molar-refractivity contribution in [1.82, 2.24) is 0 Å². The molecule has 0 aromatic rings. The van der Waals surface area contributed by atoms with E-state index in [0.717, 1.165) is 6.42 Å². The molecule has 1 fully saturated rings. The van der Waals surface area contributed by atoms with Crippen molar-refractivity contribution in [2.75, 3.05) is 0 Å². The van der Waals surface area contributed by atoms with Gasteiger partial charge in [0.25, 0.3) is 0 Å². The van der Waals surface area contributed by atoms with Gasteiger partial charge in [0.2, 0.25) is 0 Å². The van der Waals surface area contributed by atoms with Crippen molar-refractivity contribution in [2.24, 2.45) is 17.8 Å². The zero-order chi connectivity index (χ0) is 29.3. The zero-order valence-electron chi connectivity index (χ0n) is 25.0. The fourth-order valence-corrected chi connectivity index (χ4v) is 5.35. The molecule has 0 amide bonds. The highest BCUT2D eigenvalue weighted by Crippen LogP contribution is 2.42. The van der Waals surface area contributed by atoms with Gasteiger partial charge >= 0.3 is 11.9 Å². The quantitative estimate of drug-likeness (QED) is 0.239. The second-order valence-electron chi connectivity index (χ2n) is 13.4. The summed E-state index contributed by atoms with van der Waals surface area (Å²) in [5.74, 6) is -2.39. The number of carbonyl (C=O) groups is 2. The van der Waals surface area contributed by atoms with Gasteiger partial charge in [-0.3, -0.25) is 0 Å². The van der Waals surface area contributed by atoms with Crippen LogP contribution in [-0.2, 0) is 19.1 Å². The molecule has 220 valence electrons. The second kappa shape index (κ2) is 11.6. The van der Waals surface area contributed by atoms with Crippen molar-refractivity contribution in [3.05, 3.63) is 11.6 Å². The summed E-state index contributed by atoms with van der Waals surface area (Å²) in [5, 5.41) is 44.4. The standard InChI is InChI=1S/C30H52O8/c1-19(2)28(35)16-14-26(8,33)23(18-28)37-25(32)30(36,21(5)6)17-15-27(9,34)24(31)38-29(20(3)4)12-10-22(7)11-13-29/h10,19-21,23,33-36H,11-18H2,1-9H3. The number of ether oxygens (including phenoxy) is 2. The van der Waals surface area contributed by atoms with Crippen LogP contribution in [0, 0.1) is 17.8 Å². The largest absolute Gasteiger partial charge is 0.457 e. The highest BCUT2D eigenvalue weighted by Gasteiger charge is 2.52. The Morgan fingerprint density at radius 1 is 1.00 bits per heavy atom. The van der Waals surface area contributed by atoms with E-state index in [2.05, 4.69) is 6.08 Å². The van der Waals surface area contributed by atoms with E-state index in [1.54, 1.807) is 20.8 Å². The van der Waals surface area contributed by atoms with Gasteiger partial charge in [0.05, 0.1) is 11.2 Å². The van der Waals surface area contributed by atoms with Crippen LogP contribution in [0.25, 0.3) is 0 Å². The molecule has 2 rings (SSSR count). The third-order valence-electron chi connectivity index (χ3n) is 9.45. The van der Waals surface area contributed by atoms with Crippen LogP contribution in [0.4, 0.5) is 0 Å². The Balaban J connectivity index is 2.16. The molecule has 0 bridgehead atoms. The van der Waals surface area contributed by atoms with Crippen molar-refractivity contribution in [1.29, 1.82) is 0 Å². The minimum Gasteiger partial charge on any atom is -0.457 e. The molecule has 2 aliphatic rings. The Bertz CT molecular complexity index is 889. The molecule has 2 aliphatic carbocycles. The van der Waals surface area contributed by atoms with E-state index in [-0.39, 0.29) is 37.5 Å². The summed E-state index contributed by atoms with van der Waals surface area (Å²) < 4.78 is 11.6. The van der Waals surface area contributed by atoms with Gasteiger partial charge in [0.1, 0.15) is 11.7 Å². The molecule has 4 N–H and O–H groups in total. The molecule has 6 atom stereocenters. The highest BCUT2D eigenvalue weighted by atomic mass is 16.6. The number of rotatable bonds is 10. The van der Waals surface area contributed by atoms with Crippen molar-refractivity contribution < 1.29 is 39.5 Å². The SMILES string of the molecule is CC1=CCC(OC(=O)C(C)(O)CCC(O)(C(=O)OC2CC(O)(C(C)C)CCC2(C)O)C(C)C)(C(C)C)CC1. The maximum absolute atomic E-state index is 13.3. The third kappa shape index (κ3) is 6.98. The lowest BCUT2D eigenvalue weighted by Crippen LogP contribution is -2.57. The molecule has 0 aliphatic heterocycles. The maximum atomic E-state index is 13.3. The molecular formula is C30H52O8. The van der Waals surface area contributed by atoms with Crippen LogP contribution < -0.4 is 0 Å². The Kier molecular flexibility index (Phi) is 9.95. The lowest BCUT2D eigenvalue weighted by Gasteiger charge is -2.47. The lowest BCUT2D eigenvalue weighted by molar-refractivity contribution is -0.211. The average Bonchev–Trinajstić information content (AvgIpc) is 2.81. The first kappa shape index (κ1) is 32.7. The van der Waals surface area contributed by atoms with Crippen LogP contribution in [0.1, 0.15) is 114 Å². The molecule has 1 saturated carbocycles. The van der Waals surface area contributed by atoms with Crippen LogP contribution in [0.5, 0.6) is 0 Å². The fraction of sp³-hybridized carbons (Fsp3) is 0.867. The number of aliphatic hydroxyl groups is 4. The Morgan fingerprint density at radius 2 is 1.61 bits per heavy atom. The predicted octanol–water partition coefficient (Wildman–Crippen LogP) is 4.21. The molecular weight excluding hydrogens is 488 g/mol. The van der Waals surface area contributed by atoms with Gasteiger partial charge in [-0.25, -0.2) is 9.59 Å². The molecule has 0 radical (unpaired) electrons. The van der Waals surface area contributed by atoms with Crippen molar-refractivity contribution >= 4 is 11.9 Å². The average molecular weight is 541 g/mol. The first-order valence-electron chi connectivity index (χ1n) is 14.2. The maximum Gasteiger partial charge on any atom is 0.338 e. The highest BCUT2D eigenvalue weighted by molar-refractivity contribution is 5.81. The molecule has 0 heterocycles. The first-order valence-corrected chi connectivity index (χ1v) is 14.2. The van der Waals surface area contributed by atoms with Crippen molar-refractivity contribution in [2.45, 2.75) is 148 Å². The number of hydrogen-bond acceptors (Lipinski definition) is 8. The number of esters is 2. The van der Waals surface area contributed by atoms with Gasteiger partial charge in [-0.1, -0.05) is 53.2 Å². The lowest BCUT2D eigenvalue weighted by atomic mass is 9.70. The Hall–Kier alpha value is -1.48. The number of hydrogen-bond donors (Lipinski definition) is 4. The molecule has 0 spiro atoms. The van der Waals surface area contributed by atoms with Gasteiger partial charge in [-0.2, -0.15) is 0 Å². The van der Waals surface area contributed by atoms with Crippen LogP contribution in [0.15, 0.2) is 11.6 Å². The molecule has 0 aromatic heterocycles. The van der Waals surface area contributed by atoms with E-state index in [0.29, 0.717) is 19.3 Å². The van der Waals surface area contributed by atoms with E-state index in [9.17, 15) is 30.0 Å². The first-order chi connectivity index (χ1) is 17.2. The monoisotopic (exact) mass is 540 g/mol. The Morgan fingerprint density at radius 3 is 2.08 bits per heavy atom. The van der Waals surface area contributed by atoms with Crippen LogP contribution in [-0.4, -0.2) is 66.5 Å². The van der Waals surface area contributed by atoms with E-state index >= 15 is 0 Å². The smallest absolute Gasteiger partial charge is 0.338 e. The van der Waals surface area contributed by atoms with Crippen LogP contribution >= 0.6 is 0 Å². The number of allylic oxidation sites excluding steroid dienone is 1. The van der Waals surface area contributed by atoms with E-state index in [1.807, 2.05) is 34.6 Å². The Labute approximate surface area is 228 Å².